The zero-order valence-electron chi connectivity index (χ0n) is 5.59. The summed E-state index contributed by atoms with van der Waals surface area (Å²) in [6.45, 7) is 0. The number of hydrogen-bond acceptors (Lipinski definition) is 0. The summed E-state index contributed by atoms with van der Waals surface area (Å²) in [5.41, 5.74) is 0. The average Bonchev–Trinajstić information content (AvgIpc) is 2.38. The predicted octanol–water partition coefficient (Wildman–Crippen LogP) is 2.22. The molecule has 3 aliphatic rings. The minimum atomic E-state index is 1.02. The maximum Gasteiger partial charge on any atom is -0.0197 e. The van der Waals surface area contributed by atoms with Crippen molar-refractivity contribution in [1.29, 1.82) is 0 Å². The summed E-state index contributed by atoms with van der Waals surface area (Å²) in [5, 5.41) is 0. The second kappa shape index (κ2) is 1.25. The molecule has 0 heterocycles. The first-order chi connectivity index (χ1) is 4.45. The summed E-state index contributed by atoms with van der Waals surface area (Å²) >= 11 is 0. The first-order valence-electron chi connectivity index (χ1n) is 4.12. The Kier molecular flexibility index (Phi) is 0.633. The molecule has 0 radical (unpaired) electrons. The van der Waals surface area contributed by atoms with Gasteiger partial charge in [0.25, 0.3) is 0 Å². The molecule has 0 heteroatoms. The lowest BCUT2D eigenvalue weighted by Gasteiger charge is -2.10. The lowest BCUT2D eigenvalue weighted by molar-refractivity contribution is 0.427. The summed E-state index contributed by atoms with van der Waals surface area (Å²) in [4.78, 5) is 0. The highest BCUT2D eigenvalue weighted by Crippen LogP contribution is 2.61. The van der Waals surface area contributed by atoms with Gasteiger partial charge in [0, 0.05) is 0 Å². The van der Waals surface area contributed by atoms with Crippen LogP contribution < -0.4 is 0 Å². The summed E-state index contributed by atoms with van der Waals surface area (Å²) in [5.74, 6) is 4.47. The Labute approximate surface area is 56.0 Å². The van der Waals surface area contributed by atoms with E-state index in [1.54, 1.807) is 6.42 Å². The Balaban J connectivity index is 1.94. The second-order valence-electron chi connectivity index (χ2n) is 3.89. The molecule has 3 aliphatic carbocycles. The number of hydrogen-bond donors (Lipinski definition) is 0. The van der Waals surface area contributed by atoms with Crippen molar-refractivity contribution < 1.29 is 0 Å². The Hall–Kier alpha value is -0.260. The number of rotatable bonds is 0. The highest BCUT2D eigenvalue weighted by atomic mass is 14.6. The molecular formula is C9H12. The molecule has 0 nitrogen and oxygen atoms in total. The van der Waals surface area contributed by atoms with E-state index in [1.807, 2.05) is 0 Å². The highest BCUT2D eigenvalue weighted by Gasteiger charge is 2.52. The van der Waals surface area contributed by atoms with Crippen LogP contribution in [-0.4, -0.2) is 0 Å². The molecule has 2 saturated carbocycles. The van der Waals surface area contributed by atoms with Gasteiger partial charge in [-0.15, -0.1) is 0 Å². The highest BCUT2D eigenvalue weighted by molar-refractivity contribution is 5.13. The maximum absolute atomic E-state index is 2.46. The van der Waals surface area contributed by atoms with Gasteiger partial charge in [0.15, 0.2) is 0 Å². The molecule has 0 aromatic rings. The zero-order chi connectivity index (χ0) is 5.84. The molecule has 0 bridgehead atoms. The van der Waals surface area contributed by atoms with Crippen molar-refractivity contribution in [3.05, 3.63) is 12.2 Å². The molecule has 9 heavy (non-hydrogen) atoms. The number of allylic oxidation sites excluding steroid dienone is 2. The van der Waals surface area contributed by atoms with Gasteiger partial charge in [-0.05, 0) is 42.9 Å². The van der Waals surface area contributed by atoms with E-state index in [0.29, 0.717) is 0 Å². The van der Waals surface area contributed by atoms with E-state index in [1.165, 1.54) is 24.7 Å². The van der Waals surface area contributed by atoms with Crippen LogP contribution >= 0.6 is 0 Å². The van der Waals surface area contributed by atoms with Gasteiger partial charge < -0.3 is 0 Å². The third kappa shape index (κ3) is 0.452. The van der Waals surface area contributed by atoms with E-state index in [2.05, 4.69) is 12.2 Å². The van der Waals surface area contributed by atoms with Crippen molar-refractivity contribution in [3.8, 4) is 0 Å². The zero-order valence-corrected chi connectivity index (χ0v) is 5.59. The quantitative estimate of drug-likeness (QED) is 0.430. The third-order valence-electron chi connectivity index (χ3n) is 3.44. The van der Waals surface area contributed by atoms with E-state index < -0.39 is 0 Å². The van der Waals surface area contributed by atoms with Gasteiger partial charge in [-0.1, -0.05) is 12.2 Å². The fraction of sp³-hybridized carbons (Fsp3) is 0.778. The minimum Gasteiger partial charge on any atom is -0.0879 e. The van der Waals surface area contributed by atoms with E-state index in [4.69, 9.17) is 0 Å². The van der Waals surface area contributed by atoms with Crippen LogP contribution in [-0.2, 0) is 0 Å². The van der Waals surface area contributed by atoms with Gasteiger partial charge in [0.05, 0.1) is 0 Å². The second-order valence-corrected chi connectivity index (χ2v) is 3.89. The van der Waals surface area contributed by atoms with Crippen molar-refractivity contribution >= 4 is 0 Å². The lowest BCUT2D eigenvalue weighted by Crippen LogP contribution is -2.03. The molecule has 48 valence electrons. The average molecular weight is 120 g/mol. The molecule has 4 unspecified atom stereocenters. The molecule has 0 amide bonds. The SMILES string of the molecule is C1=CC2CC3CC3C2C1. The lowest BCUT2D eigenvalue weighted by atomic mass is 9.95. The Bertz CT molecular complexity index is 169. The predicted molar refractivity (Wildman–Crippen MR) is 37.0 cm³/mol. The first kappa shape index (κ1) is 4.54. The van der Waals surface area contributed by atoms with Crippen LogP contribution in [0.15, 0.2) is 12.2 Å². The Morgan fingerprint density at radius 1 is 1.11 bits per heavy atom. The third-order valence-corrected chi connectivity index (χ3v) is 3.44. The van der Waals surface area contributed by atoms with E-state index in [9.17, 15) is 0 Å². The molecular weight excluding hydrogens is 108 g/mol. The molecule has 4 atom stereocenters. The van der Waals surface area contributed by atoms with Crippen LogP contribution in [0.4, 0.5) is 0 Å². The smallest absolute Gasteiger partial charge is 0.0197 e. The maximum atomic E-state index is 2.46. The van der Waals surface area contributed by atoms with Crippen LogP contribution in [0.3, 0.4) is 0 Å². The van der Waals surface area contributed by atoms with Crippen molar-refractivity contribution in [2.24, 2.45) is 23.7 Å². The normalized spacial score (nSPS) is 59.6. The molecule has 0 spiro atoms. The van der Waals surface area contributed by atoms with Crippen molar-refractivity contribution in [3.63, 3.8) is 0 Å². The molecule has 0 N–H and O–H groups in total. The van der Waals surface area contributed by atoms with E-state index >= 15 is 0 Å². The first-order valence-corrected chi connectivity index (χ1v) is 4.12. The fourth-order valence-corrected chi connectivity index (χ4v) is 2.89. The van der Waals surface area contributed by atoms with Gasteiger partial charge in [0.2, 0.25) is 0 Å². The van der Waals surface area contributed by atoms with Crippen molar-refractivity contribution in [2.75, 3.05) is 0 Å². The largest absolute Gasteiger partial charge is 0.0879 e. The monoisotopic (exact) mass is 120 g/mol. The topological polar surface area (TPSA) is 0 Å². The summed E-state index contributed by atoms with van der Waals surface area (Å²) in [6, 6.07) is 0. The number of fused-ring (bicyclic) bond motifs is 3. The van der Waals surface area contributed by atoms with Gasteiger partial charge in [-0.2, -0.15) is 0 Å². The van der Waals surface area contributed by atoms with Crippen LogP contribution in [0, 0.1) is 23.7 Å². The minimum absolute atomic E-state index is 1.02. The van der Waals surface area contributed by atoms with Crippen LogP contribution in [0.2, 0.25) is 0 Å². The molecule has 2 fully saturated rings. The van der Waals surface area contributed by atoms with Gasteiger partial charge in [0.1, 0.15) is 0 Å². The summed E-state index contributed by atoms with van der Waals surface area (Å²) in [6.07, 6.45) is 9.36. The van der Waals surface area contributed by atoms with Gasteiger partial charge >= 0.3 is 0 Å². The fourth-order valence-electron chi connectivity index (χ4n) is 2.89. The van der Waals surface area contributed by atoms with E-state index in [0.717, 1.165) is 11.8 Å². The van der Waals surface area contributed by atoms with Crippen molar-refractivity contribution in [2.45, 2.75) is 19.3 Å². The molecule has 0 saturated heterocycles. The van der Waals surface area contributed by atoms with Crippen LogP contribution in [0.25, 0.3) is 0 Å². The summed E-state index contributed by atoms with van der Waals surface area (Å²) in [7, 11) is 0. The molecule has 0 aromatic heterocycles. The Morgan fingerprint density at radius 2 is 2.11 bits per heavy atom. The standard InChI is InChI=1S/C9H12/c1-2-6-4-7-5-9(7)8(6)3-1/h1-2,6-9H,3-5H2. The van der Waals surface area contributed by atoms with Crippen LogP contribution in [0.1, 0.15) is 19.3 Å². The summed E-state index contributed by atoms with van der Waals surface area (Å²) < 4.78 is 0. The molecule has 0 aliphatic heterocycles. The Morgan fingerprint density at radius 3 is 3.00 bits per heavy atom. The molecule has 3 rings (SSSR count). The van der Waals surface area contributed by atoms with Crippen molar-refractivity contribution in [1.82, 2.24) is 0 Å². The van der Waals surface area contributed by atoms with Gasteiger partial charge in [-0.25, -0.2) is 0 Å². The molecule has 0 aromatic carbocycles. The van der Waals surface area contributed by atoms with Gasteiger partial charge in [-0.3, -0.25) is 0 Å². The van der Waals surface area contributed by atoms with E-state index in [-0.39, 0.29) is 0 Å². The van der Waals surface area contributed by atoms with Crippen LogP contribution in [0.5, 0.6) is 0 Å².